The van der Waals surface area contributed by atoms with Crippen LogP contribution in [0.2, 0.25) is 5.02 Å². The molecule has 0 saturated heterocycles. The zero-order valence-corrected chi connectivity index (χ0v) is 14.0. The molecule has 122 valence electrons. The number of hydrogen-bond acceptors (Lipinski definition) is 3. The highest BCUT2D eigenvalue weighted by atomic mass is 35.5. The molecule has 2 rings (SSSR count). The fourth-order valence-electron chi connectivity index (χ4n) is 1.94. The maximum atomic E-state index is 12.1. The number of carbonyl (C=O) groups excluding carboxylic acids is 1. The number of hydrogen-bond donors (Lipinski definition) is 1. The molecule has 1 amide bonds. The van der Waals surface area contributed by atoms with Crippen LogP contribution in [-0.4, -0.2) is 25.2 Å². The van der Waals surface area contributed by atoms with Crippen LogP contribution >= 0.6 is 11.6 Å². The first kappa shape index (κ1) is 17.2. The standard InChI is InChI=1S/C18H20ClNO3/c1-13(2)23-17-9-8-14(12-16(17)19)18(21)20-10-11-22-15-6-4-3-5-7-15/h3-9,12-13H,10-11H2,1-2H3,(H,20,21). The van der Waals surface area contributed by atoms with E-state index in [0.717, 1.165) is 5.75 Å². The minimum Gasteiger partial charge on any atom is -0.492 e. The Kier molecular flexibility index (Phi) is 6.29. The number of rotatable bonds is 7. The Labute approximate surface area is 141 Å². The van der Waals surface area contributed by atoms with E-state index in [1.807, 2.05) is 44.2 Å². The molecule has 5 heteroatoms. The highest BCUT2D eigenvalue weighted by Gasteiger charge is 2.10. The van der Waals surface area contributed by atoms with Crippen LogP contribution in [-0.2, 0) is 0 Å². The van der Waals surface area contributed by atoms with Crippen molar-refractivity contribution in [3.05, 3.63) is 59.1 Å². The summed E-state index contributed by atoms with van der Waals surface area (Å²) in [7, 11) is 0. The topological polar surface area (TPSA) is 47.6 Å². The summed E-state index contributed by atoms with van der Waals surface area (Å²) in [5.41, 5.74) is 0.491. The van der Waals surface area contributed by atoms with E-state index in [4.69, 9.17) is 21.1 Å². The number of benzene rings is 2. The third-order valence-electron chi connectivity index (χ3n) is 2.96. The second kappa shape index (κ2) is 8.44. The predicted molar refractivity (Wildman–Crippen MR) is 91.5 cm³/mol. The molecule has 23 heavy (non-hydrogen) atoms. The molecule has 0 saturated carbocycles. The summed E-state index contributed by atoms with van der Waals surface area (Å²) in [5.74, 6) is 1.16. The Morgan fingerprint density at radius 2 is 1.91 bits per heavy atom. The minimum absolute atomic E-state index is 0.0299. The van der Waals surface area contributed by atoms with Gasteiger partial charge in [0.2, 0.25) is 0 Å². The van der Waals surface area contributed by atoms with E-state index >= 15 is 0 Å². The van der Waals surface area contributed by atoms with Gasteiger partial charge in [-0.1, -0.05) is 29.8 Å². The molecule has 2 aromatic rings. The first-order chi connectivity index (χ1) is 11.1. The van der Waals surface area contributed by atoms with Crippen molar-refractivity contribution in [3.8, 4) is 11.5 Å². The van der Waals surface area contributed by atoms with Crippen molar-refractivity contribution in [3.63, 3.8) is 0 Å². The summed E-state index contributed by atoms with van der Waals surface area (Å²) < 4.78 is 11.1. The number of para-hydroxylation sites is 1. The van der Waals surface area contributed by atoms with Crippen molar-refractivity contribution in [2.45, 2.75) is 20.0 Å². The summed E-state index contributed by atoms with van der Waals surface area (Å²) in [6.07, 6.45) is 0.0299. The number of amides is 1. The van der Waals surface area contributed by atoms with Gasteiger partial charge in [-0.2, -0.15) is 0 Å². The van der Waals surface area contributed by atoms with Crippen molar-refractivity contribution < 1.29 is 14.3 Å². The molecule has 0 aliphatic heterocycles. The van der Waals surface area contributed by atoms with E-state index in [0.29, 0.717) is 29.5 Å². The number of halogens is 1. The fraction of sp³-hybridized carbons (Fsp3) is 0.278. The van der Waals surface area contributed by atoms with Gasteiger partial charge >= 0.3 is 0 Å². The van der Waals surface area contributed by atoms with E-state index in [1.165, 1.54) is 0 Å². The van der Waals surface area contributed by atoms with E-state index in [2.05, 4.69) is 5.32 Å². The van der Waals surface area contributed by atoms with Gasteiger partial charge in [-0.05, 0) is 44.2 Å². The lowest BCUT2D eigenvalue weighted by atomic mass is 10.2. The largest absolute Gasteiger partial charge is 0.492 e. The molecule has 0 aromatic heterocycles. The van der Waals surface area contributed by atoms with E-state index in [-0.39, 0.29) is 12.0 Å². The summed E-state index contributed by atoms with van der Waals surface area (Å²) in [6, 6.07) is 14.5. The normalized spacial score (nSPS) is 10.4. The molecule has 0 aliphatic carbocycles. The Hall–Kier alpha value is -2.20. The molecule has 4 nitrogen and oxygen atoms in total. The number of nitrogens with one attached hydrogen (secondary N) is 1. The first-order valence-electron chi connectivity index (χ1n) is 7.48. The lowest BCUT2D eigenvalue weighted by Gasteiger charge is -2.12. The molecule has 0 heterocycles. The van der Waals surface area contributed by atoms with Crippen LogP contribution in [0.25, 0.3) is 0 Å². The van der Waals surface area contributed by atoms with Crippen LogP contribution in [0.3, 0.4) is 0 Å². The summed E-state index contributed by atoms with van der Waals surface area (Å²) in [5, 5.41) is 3.22. The molecule has 0 atom stereocenters. The average molecular weight is 334 g/mol. The molecule has 0 fully saturated rings. The summed E-state index contributed by atoms with van der Waals surface area (Å²) in [4.78, 5) is 12.1. The van der Waals surface area contributed by atoms with Gasteiger partial charge < -0.3 is 14.8 Å². The monoisotopic (exact) mass is 333 g/mol. The Balaban J connectivity index is 1.82. The summed E-state index contributed by atoms with van der Waals surface area (Å²) >= 11 is 6.13. The Bertz CT molecular complexity index is 644. The van der Waals surface area contributed by atoms with Gasteiger partial charge in [-0.15, -0.1) is 0 Å². The lowest BCUT2D eigenvalue weighted by molar-refractivity contribution is 0.0947. The van der Waals surface area contributed by atoms with Crippen molar-refractivity contribution in [2.75, 3.05) is 13.2 Å². The van der Waals surface area contributed by atoms with Gasteiger partial charge in [-0.25, -0.2) is 0 Å². The third kappa shape index (κ3) is 5.49. The molecule has 0 unspecified atom stereocenters. The molecule has 0 spiro atoms. The fourth-order valence-corrected chi connectivity index (χ4v) is 2.17. The van der Waals surface area contributed by atoms with Crippen LogP contribution in [0, 0.1) is 0 Å². The Morgan fingerprint density at radius 1 is 1.17 bits per heavy atom. The van der Waals surface area contributed by atoms with Crippen LogP contribution in [0.15, 0.2) is 48.5 Å². The third-order valence-corrected chi connectivity index (χ3v) is 3.25. The number of ether oxygens (including phenoxy) is 2. The molecular weight excluding hydrogens is 314 g/mol. The van der Waals surface area contributed by atoms with Crippen LogP contribution in [0.5, 0.6) is 11.5 Å². The van der Waals surface area contributed by atoms with E-state index in [1.54, 1.807) is 18.2 Å². The summed E-state index contributed by atoms with van der Waals surface area (Å²) in [6.45, 7) is 4.65. The van der Waals surface area contributed by atoms with E-state index < -0.39 is 0 Å². The second-order valence-corrected chi connectivity index (χ2v) is 5.64. The van der Waals surface area contributed by atoms with Crippen molar-refractivity contribution in [2.24, 2.45) is 0 Å². The Morgan fingerprint density at radius 3 is 2.57 bits per heavy atom. The molecule has 0 radical (unpaired) electrons. The zero-order valence-electron chi connectivity index (χ0n) is 13.2. The van der Waals surface area contributed by atoms with Gasteiger partial charge in [0, 0.05) is 5.56 Å². The molecule has 2 aromatic carbocycles. The van der Waals surface area contributed by atoms with Gasteiger partial charge in [0.15, 0.2) is 0 Å². The second-order valence-electron chi connectivity index (χ2n) is 5.23. The minimum atomic E-state index is -0.195. The predicted octanol–water partition coefficient (Wildman–Crippen LogP) is 3.94. The molecule has 0 aliphatic rings. The lowest BCUT2D eigenvalue weighted by Crippen LogP contribution is -2.28. The zero-order chi connectivity index (χ0) is 16.7. The van der Waals surface area contributed by atoms with Crippen LogP contribution in [0.1, 0.15) is 24.2 Å². The molecule has 1 N–H and O–H groups in total. The van der Waals surface area contributed by atoms with Crippen LogP contribution in [0.4, 0.5) is 0 Å². The van der Waals surface area contributed by atoms with Crippen molar-refractivity contribution >= 4 is 17.5 Å². The van der Waals surface area contributed by atoms with Gasteiger partial charge in [0.05, 0.1) is 17.7 Å². The van der Waals surface area contributed by atoms with Gasteiger partial charge in [0.25, 0.3) is 5.91 Å². The van der Waals surface area contributed by atoms with Crippen LogP contribution < -0.4 is 14.8 Å². The quantitative estimate of drug-likeness (QED) is 0.781. The highest BCUT2D eigenvalue weighted by molar-refractivity contribution is 6.32. The smallest absolute Gasteiger partial charge is 0.251 e. The SMILES string of the molecule is CC(C)Oc1ccc(C(=O)NCCOc2ccccc2)cc1Cl. The van der Waals surface area contributed by atoms with Gasteiger partial charge in [0.1, 0.15) is 18.1 Å². The van der Waals surface area contributed by atoms with Crippen molar-refractivity contribution in [1.29, 1.82) is 0 Å². The highest BCUT2D eigenvalue weighted by Crippen LogP contribution is 2.26. The average Bonchev–Trinajstić information content (AvgIpc) is 2.54. The first-order valence-corrected chi connectivity index (χ1v) is 7.86. The van der Waals surface area contributed by atoms with E-state index in [9.17, 15) is 4.79 Å². The molecular formula is C18H20ClNO3. The molecule has 0 bridgehead atoms. The van der Waals surface area contributed by atoms with Gasteiger partial charge in [-0.3, -0.25) is 4.79 Å². The maximum Gasteiger partial charge on any atom is 0.251 e. The van der Waals surface area contributed by atoms with Crippen molar-refractivity contribution in [1.82, 2.24) is 5.32 Å². The maximum absolute atomic E-state index is 12.1. The number of carbonyl (C=O) groups is 1.